The van der Waals surface area contributed by atoms with Crippen LogP contribution in [0.4, 0.5) is 4.39 Å². The molecule has 0 aliphatic rings. The number of rotatable bonds is 4. The molecule has 0 radical (unpaired) electrons. The minimum absolute atomic E-state index is 0.0690. The van der Waals surface area contributed by atoms with Gasteiger partial charge in [0, 0.05) is 11.8 Å². The summed E-state index contributed by atoms with van der Waals surface area (Å²) in [6.45, 7) is 1.61. The van der Waals surface area contributed by atoms with Crippen LogP contribution >= 0.6 is 0 Å². The van der Waals surface area contributed by atoms with Crippen LogP contribution in [0, 0.1) is 12.7 Å². The Kier molecular flexibility index (Phi) is 3.95. The second-order valence-corrected chi connectivity index (χ2v) is 4.95. The molecule has 3 aromatic rings. The van der Waals surface area contributed by atoms with Gasteiger partial charge in [0.1, 0.15) is 5.56 Å². The number of carbonyl (C=O) groups is 1. The van der Waals surface area contributed by atoms with Crippen molar-refractivity contribution in [2.24, 2.45) is 0 Å². The Morgan fingerprint density at radius 2 is 2.12 bits per heavy atom. The van der Waals surface area contributed by atoms with Gasteiger partial charge in [0.05, 0.1) is 24.7 Å². The van der Waals surface area contributed by atoms with E-state index in [4.69, 9.17) is 9.84 Å². The van der Waals surface area contributed by atoms with E-state index in [0.717, 1.165) is 0 Å². The van der Waals surface area contributed by atoms with Crippen LogP contribution in [0.2, 0.25) is 0 Å². The van der Waals surface area contributed by atoms with Gasteiger partial charge in [-0.15, -0.1) is 0 Å². The molecule has 0 fully saturated rings. The average Bonchev–Trinajstić information content (AvgIpc) is 2.96. The average molecular weight is 328 g/mol. The molecule has 0 spiro atoms. The van der Waals surface area contributed by atoms with Gasteiger partial charge in [-0.2, -0.15) is 5.10 Å². The number of nitrogens with zero attached hydrogens (tertiary/aromatic N) is 4. The molecule has 1 aromatic carbocycles. The summed E-state index contributed by atoms with van der Waals surface area (Å²) in [4.78, 5) is 19.5. The van der Waals surface area contributed by atoms with E-state index < -0.39 is 11.8 Å². The molecule has 0 unspecified atom stereocenters. The molecule has 0 aliphatic heterocycles. The summed E-state index contributed by atoms with van der Waals surface area (Å²) < 4.78 is 20.1. The first kappa shape index (κ1) is 15.6. The Labute approximate surface area is 136 Å². The topological polar surface area (TPSA) is 90.1 Å². The molecule has 8 heteroatoms. The Hall–Kier alpha value is -3.29. The fourth-order valence-electron chi connectivity index (χ4n) is 2.26. The lowest BCUT2D eigenvalue weighted by atomic mass is 10.1. The Bertz CT molecular complexity index is 923. The van der Waals surface area contributed by atoms with Gasteiger partial charge in [-0.25, -0.2) is 23.8 Å². The maximum absolute atomic E-state index is 13.9. The number of ether oxygens (including phenoxy) is 1. The van der Waals surface area contributed by atoms with E-state index in [9.17, 15) is 9.18 Å². The Morgan fingerprint density at radius 3 is 2.75 bits per heavy atom. The third-order valence-electron chi connectivity index (χ3n) is 3.52. The number of benzene rings is 1. The number of hydrogen-bond donors (Lipinski definition) is 1. The quantitative estimate of drug-likeness (QED) is 0.791. The summed E-state index contributed by atoms with van der Waals surface area (Å²) >= 11 is 0. The molecule has 2 aromatic heterocycles. The fourth-order valence-corrected chi connectivity index (χ4v) is 2.26. The lowest BCUT2D eigenvalue weighted by Crippen LogP contribution is -2.07. The van der Waals surface area contributed by atoms with E-state index in [1.54, 1.807) is 19.1 Å². The highest BCUT2D eigenvalue weighted by molar-refractivity contribution is 5.88. The highest BCUT2D eigenvalue weighted by Gasteiger charge is 2.16. The van der Waals surface area contributed by atoms with Gasteiger partial charge in [-0.05, 0) is 31.2 Å². The number of hydrogen-bond acceptors (Lipinski definition) is 5. The summed E-state index contributed by atoms with van der Waals surface area (Å²) in [5.74, 6) is -1.23. The number of aromatic nitrogens is 4. The monoisotopic (exact) mass is 328 g/mol. The van der Waals surface area contributed by atoms with Crippen LogP contribution in [-0.2, 0) is 0 Å². The van der Waals surface area contributed by atoms with Crippen molar-refractivity contribution < 1.29 is 19.0 Å². The van der Waals surface area contributed by atoms with Gasteiger partial charge in [0.2, 0.25) is 0 Å². The predicted molar refractivity (Wildman–Crippen MR) is 82.8 cm³/mol. The smallest absolute Gasteiger partial charge is 0.339 e. The van der Waals surface area contributed by atoms with Crippen molar-refractivity contribution in [3.8, 4) is 23.0 Å². The number of halogens is 1. The van der Waals surface area contributed by atoms with Crippen LogP contribution in [0.5, 0.6) is 5.75 Å². The zero-order valence-corrected chi connectivity index (χ0v) is 12.9. The van der Waals surface area contributed by atoms with Crippen LogP contribution in [-0.4, -0.2) is 37.9 Å². The van der Waals surface area contributed by atoms with Crippen molar-refractivity contribution in [1.29, 1.82) is 0 Å². The summed E-state index contributed by atoms with van der Waals surface area (Å²) in [7, 11) is 1.39. The SMILES string of the molecule is COc1ccc(-c2ccnc(-n3ncc(C(=O)O)c3C)n2)cc1F. The summed E-state index contributed by atoms with van der Waals surface area (Å²) in [5, 5.41) is 13.1. The van der Waals surface area contributed by atoms with E-state index in [1.165, 1.54) is 36.3 Å². The normalized spacial score (nSPS) is 10.6. The first-order chi connectivity index (χ1) is 11.5. The highest BCUT2D eigenvalue weighted by atomic mass is 19.1. The van der Waals surface area contributed by atoms with Crippen molar-refractivity contribution in [2.75, 3.05) is 7.11 Å². The zero-order valence-electron chi connectivity index (χ0n) is 12.9. The maximum Gasteiger partial charge on any atom is 0.339 e. The Morgan fingerprint density at radius 1 is 1.33 bits per heavy atom. The summed E-state index contributed by atoms with van der Waals surface area (Å²) in [6.07, 6.45) is 2.74. The van der Waals surface area contributed by atoms with E-state index in [1.807, 2.05) is 0 Å². The number of carboxylic acids is 1. The molecular weight excluding hydrogens is 315 g/mol. The maximum atomic E-state index is 13.9. The van der Waals surface area contributed by atoms with Crippen LogP contribution in [0.1, 0.15) is 16.1 Å². The van der Waals surface area contributed by atoms with E-state index in [-0.39, 0.29) is 17.3 Å². The standard InChI is InChI=1S/C16H13FN4O3/c1-9-11(15(22)23)8-19-21(9)16-18-6-5-13(20-16)10-3-4-14(24-2)12(17)7-10/h3-8H,1-2H3,(H,22,23). The molecule has 122 valence electrons. The third kappa shape index (κ3) is 2.69. The molecule has 0 saturated heterocycles. The van der Waals surface area contributed by atoms with Crippen molar-refractivity contribution in [2.45, 2.75) is 6.92 Å². The number of carboxylic acid groups (broad SMARTS) is 1. The van der Waals surface area contributed by atoms with Crippen molar-refractivity contribution in [1.82, 2.24) is 19.7 Å². The van der Waals surface area contributed by atoms with Gasteiger partial charge in [-0.3, -0.25) is 0 Å². The molecule has 3 rings (SSSR count). The molecule has 0 amide bonds. The summed E-state index contributed by atoms with van der Waals surface area (Å²) in [5.41, 5.74) is 1.49. The lowest BCUT2D eigenvalue weighted by molar-refractivity contribution is 0.0696. The minimum atomic E-state index is -1.08. The van der Waals surface area contributed by atoms with E-state index in [2.05, 4.69) is 15.1 Å². The number of aromatic carboxylic acids is 1. The molecule has 0 atom stereocenters. The van der Waals surface area contributed by atoms with Crippen LogP contribution in [0.3, 0.4) is 0 Å². The Balaban J connectivity index is 2.04. The molecule has 2 heterocycles. The molecule has 0 saturated carbocycles. The van der Waals surface area contributed by atoms with Crippen LogP contribution in [0.15, 0.2) is 36.7 Å². The molecule has 0 bridgehead atoms. The predicted octanol–water partition coefficient (Wildman–Crippen LogP) is 2.48. The second kappa shape index (κ2) is 6.07. The van der Waals surface area contributed by atoms with E-state index in [0.29, 0.717) is 17.0 Å². The van der Waals surface area contributed by atoms with Crippen molar-refractivity contribution >= 4 is 5.97 Å². The molecule has 0 aliphatic carbocycles. The van der Waals surface area contributed by atoms with Gasteiger partial charge in [0.25, 0.3) is 5.95 Å². The largest absolute Gasteiger partial charge is 0.494 e. The molecule has 24 heavy (non-hydrogen) atoms. The van der Waals surface area contributed by atoms with Crippen molar-refractivity contribution in [3.63, 3.8) is 0 Å². The van der Waals surface area contributed by atoms with Crippen LogP contribution < -0.4 is 4.74 Å². The first-order valence-corrected chi connectivity index (χ1v) is 6.96. The summed E-state index contributed by atoms with van der Waals surface area (Å²) in [6, 6.07) is 6.12. The lowest BCUT2D eigenvalue weighted by Gasteiger charge is -2.07. The fraction of sp³-hybridized carbons (Fsp3) is 0.125. The third-order valence-corrected chi connectivity index (χ3v) is 3.52. The first-order valence-electron chi connectivity index (χ1n) is 6.96. The number of methoxy groups -OCH3 is 1. The van der Waals surface area contributed by atoms with Gasteiger partial charge in [-0.1, -0.05) is 0 Å². The van der Waals surface area contributed by atoms with Crippen molar-refractivity contribution in [3.05, 3.63) is 53.7 Å². The van der Waals surface area contributed by atoms with Crippen LogP contribution in [0.25, 0.3) is 17.2 Å². The second-order valence-electron chi connectivity index (χ2n) is 4.95. The van der Waals surface area contributed by atoms with E-state index >= 15 is 0 Å². The molecule has 7 nitrogen and oxygen atoms in total. The minimum Gasteiger partial charge on any atom is -0.494 e. The molecule has 1 N–H and O–H groups in total. The zero-order chi connectivity index (χ0) is 17.3. The molecular formula is C16H13FN4O3. The van der Waals surface area contributed by atoms with Gasteiger partial charge in [0.15, 0.2) is 11.6 Å². The van der Waals surface area contributed by atoms with Gasteiger partial charge < -0.3 is 9.84 Å². The highest BCUT2D eigenvalue weighted by Crippen LogP contribution is 2.24. The van der Waals surface area contributed by atoms with Gasteiger partial charge >= 0.3 is 5.97 Å².